The fraction of sp³-hybridized carbons (Fsp3) is 0.346. The van der Waals surface area contributed by atoms with Crippen molar-refractivity contribution in [2.45, 2.75) is 25.3 Å². The molecule has 1 aliphatic rings. The van der Waals surface area contributed by atoms with E-state index < -0.39 is 0 Å². The predicted molar refractivity (Wildman–Crippen MR) is 126 cm³/mol. The van der Waals surface area contributed by atoms with Crippen LogP contribution < -0.4 is 10.1 Å². The largest absolute Gasteiger partial charge is 0.494 e. The zero-order valence-corrected chi connectivity index (χ0v) is 18.9. The number of thiophene rings is 1. The molecule has 1 N–H and O–H groups in total. The Morgan fingerprint density at radius 3 is 2.50 bits per heavy atom. The van der Waals surface area contributed by atoms with Gasteiger partial charge in [-0.2, -0.15) is 11.3 Å². The van der Waals surface area contributed by atoms with Crippen LogP contribution in [0.25, 0.3) is 0 Å². The summed E-state index contributed by atoms with van der Waals surface area (Å²) in [5, 5.41) is 7.45. The maximum atomic E-state index is 13.1. The van der Waals surface area contributed by atoms with E-state index in [4.69, 9.17) is 4.74 Å². The van der Waals surface area contributed by atoms with Gasteiger partial charge in [0.05, 0.1) is 12.6 Å². The molecule has 1 fully saturated rings. The van der Waals surface area contributed by atoms with Crippen LogP contribution in [0, 0.1) is 11.7 Å². The molecular formula is C26H29FN2O2S. The van der Waals surface area contributed by atoms with Gasteiger partial charge in [0.15, 0.2) is 0 Å². The van der Waals surface area contributed by atoms with Gasteiger partial charge in [-0.3, -0.25) is 4.79 Å². The minimum absolute atomic E-state index is 0.0477. The third-order valence-corrected chi connectivity index (χ3v) is 6.66. The van der Waals surface area contributed by atoms with Gasteiger partial charge in [-0.1, -0.05) is 30.3 Å². The van der Waals surface area contributed by atoms with Gasteiger partial charge in [0.2, 0.25) is 5.91 Å². The van der Waals surface area contributed by atoms with Crippen LogP contribution >= 0.6 is 11.3 Å². The highest BCUT2D eigenvalue weighted by Gasteiger charge is 2.27. The predicted octanol–water partition coefficient (Wildman–Crippen LogP) is 5.27. The van der Waals surface area contributed by atoms with Crippen LogP contribution in [-0.2, 0) is 4.79 Å². The number of carbonyl (C=O) groups excluding carboxylic acids is 1. The van der Waals surface area contributed by atoms with Crippen LogP contribution in [0.1, 0.15) is 36.4 Å². The van der Waals surface area contributed by atoms with Gasteiger partial charge < -0.3 is 15.0 Å². The summed E-state index contributed by atoms with van der Waals surface area (Å²) in [5.41, 5.74) is 2.24. The van der Waals surface area contributed by atoms with Crippen LogP contribution in [0.4, 0.5) is 4.39 Å². The Bertz CT molecular complexity index is 955. The molecule has 6 heteroatoms. The molecule has 4 nitrogen and oxygen atoms in total. The van der Waals surface area contributed by atoms with Crippen LogP contribution in [0.15, 0.2) is 71.4 Å². The molecule has 0 aliphatic carbocycles. The minimum Gasteiger partial charge on any atom is -0.494 e. The van der Waals surface area contributed by atoms with Gasteiger partial charge in [0.1, 0.15) is 11.6 Å². The van der Waals surface area contributed by atoms with E-state index in [9.17, 15) is 9.18 Å². The third kappa shape index (κ3) is 6.17. The molecule has 0 bridgehead atoms. The summed E-state index contributed by atoms with van der Waals surface area (Å²) >= 11 is 1.65. The summed E-state index contributed by atoms with van der Waals surface area (Å²) in [7, 11) is 0. The summed E-state index contributed by atoms with van der Waals surface area (Å²) in [4.78, 5) is 15.4. The summed E-state index contributed by atoms with van der Waals surface area (Å²) in [6.45, 7) is 3.38. The van der Waals surface area contributed by atoms with Gasteiger partial charge in [0, 0.05) is 12.5 Å². The number of piperidine rings is 1. The van der Waals surface area contributed by atoms with Crippen molar-refractivity contribution in [2.24, 2.45) is 5.92 Å². The van der Waals surface area contributed by atoms with Gasteiger partial charge >= 0.3 is 0 Å². The zero-order chi connectivity index (χ0) is 22.2. The topological polar surface area (TPSA) is 41.6 Å². The number of hydrogen-bond acceptors (Lipinski definition) is 4. The third-order valence-electron chi connectivity index (χ3n) is 5.96. The lowest BCUT2D eigenvalue weighted by Crippen LogP contribution is -2.42. The SMILES string of the molecule is O=C(NC(c1ccccc1)c1ccsc1)C1CCN(CCCOc2ccc(F)cc2)CC1. The first-order valence-corrected chi connectivity index (χ1v) is 12.1. The van der Waals surface area contributed by atoms with Crippen molar-refractivity contribution in [3.05, 3.63) is 88.4 Å². The smallest absolute Gasteiger partial charge is 0.223 e. The summed E-state index contributed by atoms with van der Waals surface area (Å²) in [6.07, 6.45) is 2.65. The van der Waals surface area contributed by atoms with Crippen LogP contribution in [0.5, 0.6) is 5.75 Å². The molecule has 1 amide bonds. The molecule has 1 aliphatic heterocycles. The maximum Gasteiger partial charge on any atom is 0.223 e. The minimum atomic E-state index is -0.255. The average Bonchev–Trinajstić information content (AvgIpc) is 3.37. The Morgan fingerprint density at radius 1 is 1.06 bits per heavy atom. The molecule has 3 aromatic rings. The van der Waals surface area contributed by atoms with Gasteiger partial charge in [0.25, 0.3) is 0 Å². The quantitative estimate of drug-likeness (QED) is 0.450. The zero-order valence-electron chi connectivity index (χ0n) is 18.1. The van der Waals surface area contributed by atoms with E-state index in [1.807, 2.05) is 18.2 Å². The Balaban J connectivity index is 1.22. The standard InChI is InChI=1S/C26H29FN2O2S/c27-23-7-9-24(10-8-23)31-17-4-14-29-15-11-21(12-16-29)26(30)28-25(22-13-18-32-19-22)20-5-2-1-3-6-20/h1-3,5-10,13,18-19,21,25H,4,11-12,14-17H2,(H,28,30). The van der Waals surface area contributed by atoms with E-state index in [0.717, 1.165) is 50.0 Å². The van der Waals surface area contributed by atoms with Crippen molar-refractivity contribution in [3.8, 4) is 5.75 Å². The van der Waals surface area contributed by atoms with Crippen molar-refractivity contribution < 1.29 is 13.9 Å². The molecule has 168 valence electrons. The summed E-state index contributed by atoms with van der Waals surface area (Å²) < 4.78 is 18.6. The molecule has 1 unspecified atom stereocenters. The molecule has 32 heavy (non-hydrogen) atoms. The second kappa shape index (κ2) is 11.2. The lowest BCUT2D eigenvalue weighted by molar-refractivity contribution is -0.127. The van der Waals surface area contributed by atoms with Crippen LogP contribution in [-0.4, -0.2) is 37.0 Å². The van der Waals surface area contributed by atoms with Crippen LogP contribution in [0.2, 0.25) is 0 Å². The molecule has 2 heterocycles. The first-order chi connectivity index (χ1) is 15.7. The number of carbonyl (C=O) groups is 1. The van der Waals surface area contributed by atoms with Gasteiger partial charge in [-0.15, -0.1) is 0 Å². The lowest BCUT2D eigenvalue weighted by Gasteiger charge is -2.32. The molecule has 1 saturated heterocycles. The molecule has 2 aromatic carbocycles. The number of nitrogens with one attached hydrogen (secondary N) is 1. The Labute approximate surface area is 193 Å². The number of ether oxygens (including phenoxy) is 1. The Kier molecular flexibility index (Phi) is 7.91. The first kappa shape index (κ1) is 22.5. The van der Waals surface area contributed by atoms with E-state index >= 15 is 0 Å². The van der Waals surface area contributed by atoms with Crippen molar-refractivity contribution in [1.82, 2.24) is 10.2 Å². The van der Waals surface area contributed by atoms with E-state index in [0.29, 0.717) is 12.4 Å². The van der Waals surface area contributed by atoms with E-state index in [-0.39, 0.29) is 23.7 Å². The number of likely N-dealkylation sites (tertiary alicyclic amines) is 1. The van der Waals surface area contributed by atoms with Crippen LogP contribution in [0.3, 0.4) is 0 Å². The monoisotopic (exact) mass is 452 g/mol. The highest BCUT2D eigenvalue weighted by molar-refractivity contribution is 7.08. The Morgan fingerprint density at radius 2 is 1.81 bits per heavy atom. The highest BCUT2D eigenvalue weighted by Crippen LogP contribution is 2.26. The summed E-state index contributed by atoms with van der Waals surface area (Å²) in [5.74, 6) is 0.631. The fourth-order valence-electron chi connectivity index (χ4n) is 4.13. The van der Waals surface area contributed by atoms with E-state index in [1.54, 1.807) is 23.5 Å². The van der Waals surface area contributed by atoms with E-state index in [1.165, 1.54) is 12.1 Å². The lowest BCUT2D eigenvalue weighted by atomic mass is 9.94. The number of hydrogen-bond donors (Lipinski definition) is 1. The van der Waals surface area contributed by atoms with Crippen molar-refractivity contribution in [3.63, 3.8) is 0 Å². The second-order valence-electron chi connectivity index (χ2n) is 8.18. The normalized spacial score (nSPS) is 15.9. The molecule has 1 atom stereocenters. The number of halogens is 1. The highest BCUT2D eigenvalue weighted by atomic mass is 32.1. The van der Waals surface area contributed by atoms with Gasteiger partial charge in [-0.25, -0.2) is 4.39 Å². The van der Waals surface area contributed by atoms with Crippen molar-refractivity contribution in [1.29, 1.82) is 0 Å². The van der Waals surface area contributed by atoms with E-state index in [2.05, 4.69) is 39.2 Å². The molecule has 1 aromatic heterocycles. The first-order valence-electron chi connectivity index (χ1n) is 11.2. The van der Waals surface area contributed by atoms with Gasteiger partial charge in [-0.05, 0) is 84.6 Å². The second-order valence-corrected chi connectivity index (χ2v) is 8.96. The number of nitrogens with zero attached hydrogens (tertiary/aromatic N) is 1. The molecule has 0 saturated carbocycles. The summed E-state index contributed by atoms with van der Waals surface area (Å²) in [6, 6.07) is 18.3. The van der Waals surface area contributed by atoms with Crippen molar-refractivity contribution >= 4 is 17.2 Å². The maximum absolute atomic E-state index is 13.1. The fourth-order valence-corrected chi connectivity index (χ4v) is 4.82. The number of benzene rings is 2. The molecule has 0 spiro atoms. The average molecular weight is 453 g/mol. The van der Waals surface area contributed by atoms with Crippen molar-refractivity contribution in [2.75, 3.05) is 26.2 Å². The number of amides is 1. The Hall–Kier alpha value is -2.70. The molecular weight excluding hydrogens is 423 g/mol. The number of rotatable bonds is 9. The molecule has 4 rings (SSSR count). The molecule has 0 radical (unpaired) electrons.